The maximum absolute atomic E-state index is 12.5. The van der Waals surface area contributed by atoms with Crippen molar-refractivity contribution < 1.29 is 9.53 Å². The van der Waals surface area contributed by atoms with Gasteiger partial charge >= 0.3 is 5.97 Å². The van der Waals surface area contributed by atoms with Crippen LogP contribution in [0, 0.1) is 0 Å². The van der Waals surface area contributed by atoms with Gasteiger partial charge in [-0.1, -0.05) is 42.1 Å². The van der Waals surface area contributed by atoms with Crippen molar-refractivity contribution in [3.63, 3.8) is 0 Å². The Labute approximate surface area is 135 Å². The Kier molecular flexibility index (Phi) is 4.52. The number of carbonyl (C=O) groups excluding carboxylic acids is 1. The van der Waals surface area contributed by atoms with E-state index in [2.05, 4.69) is 22.0 Å². The van der Waals surface area contributed by atoms with Gasteiger partial charge in [0, 0.05) is 12.3 Å². The molecule has 1 aromatic rings. The second kappa shape index (κ2) is 6.57. The minimum atomic E-state index is -0.257. The van der Waals surface area contributed by atoms with Crippen LogP contribution in [-0.2, 0) is 9.53 Å². The fourth-order valence-corrected chi connectivity index (χ4v) is 3.94. The number of carbonyl (C=O) groups is 1. The maximum atomic E-state index is 12.5. The Morgan fingerprint density at radius 2 is 2.18 bits per heavy atom. The molecule has 1 aromatic carbocycles. The number of nitrogens with zero attached hydrogens (tertiary/aromatic N) is 2. The van der Waals surface area contributed by atoms with Crippen molar-refractivity contribution in [3.8, 4) is 0 Å². The number of allylic oxidation sites excluding steroid dienone is 1. The minimum Gasteiger partial charge on any atom is -0.463 e. The molecule has 0 aromatic heterocycles. The molecule has 3 rings (SSSR count). The quantitative estimate of drug-likeness (QED) is 0.802. The molecule has 0 spiro atoms. The van der Waals surface area contributed by atoms with Crippen LogP contribution in [0.3, 0.4) is 0 Å². The summed E-state index contributed by atoms with van der Waals surface area (Å²) in [5.74, 6) is 0.825. The summed E-state index contributed by atoms with van der Waals surface area (Å²) in [5, 5.41) is 1.02. The molecule has 2 heterocycles. The third kappa shape index (κ3) is 2.77. The molecule has 1 atom stereocenters. The zero-order valence-corrected chi connectivity index (χ0v) is 13.7. The number of rotatable bonds is 3. The van der Waals surface area contributed by atoms with Gasteiger partial charge in [-0.3, -0.25) is 0 Å². The summed E-state index contributed by atoms with van der Waals surface area (Å²) < 4.78 is 5.28. The van der Waals surface area contributed by atoms with Crippen LogP contribution in [0.1, 0.15) is 31.9 Å². The highest BCUT2D eigenvalue weighted by molar-refractivity contribution is 8.13. The number of fused-ring (bicyclic) bond motifs is 1. The lowest BCUT2D eigenvalue weighted by Gasteiger charge is -2.40. The zero-order valence-electron chi connectivity index (χ0n) is 12.9. The highest BCUT2D eigenvalue weighted by atomic mass is 32.2. The second-order valence-corrected chi connectivity index (χ2v) is 6.38. The van der Waals surface area contributed by atoms with Crippen LogP contribution >= 0.6 is 11.8 Å². The normalized spacial score (nSPS) is 21.3. The third-order valence-corrected chi connectivity index (χ3v) is 4.95. The van der Waals surface area contributed by atoms with E-state index in [1.165, 1.54) is 0 Å². The molecule has 0 bridgehead atoms. The van der Waals surface area contributed by atoms with E-state index in [0.29, 0.717) is 12.2 Å². The van der Waals surface area contributed by atoms with Gasteiger partial charge in [-0.15, -0.1) is 0 Å². The minimum absolute atomic E-state index is 0.0967. The molecule has 0 aliphatic carbocycles. The summed E-state index contributed by atoms with van der Waals surface area (Å²) in [7, 11) is 0. The van der Waals surface area contributed by atoms with Crippen LogP contribution in [0.5, 0.6) is 0 Å². The Morgan fingerprint density at radius 3 is 2.91 bits per heavy atom. The Bertz CT molecular complexity index is 625. The average molecular weight is 316 g/mol. The van der Waals surface area contributed by atoms with Crippen LogP contribution in [-0.4, -0.2) is 34.9 Å². The van der Waals surface area contributed by atoms with E-state index in [0.717, 1.165) is 35.1 Å². The number of benzene rings is 1. The number of hydrogen-bond acceptors (Lipinski definition) is 5. The van der Waals surface area contributed by atoms with Gasteiger partial charge in [0.05, 0.1) is 23.9 Å². The first kappa shape index (κ1) is 15.2. The molecule has 5 heteroatoms. The molecule has 0 unspecified atom stereocenters. The predicted octanol–water partition coefficient (Wildman–Crippen LogP) is 3.37. The van der Waals surface area contributed by atoms with E-state index in [-0.39, 0.29) is 12.0 Å². The van der Waals surface area contributed by atoms with Crippen LogP contribution in [0.25, 0.3) is 0 Å². The van der Waals surface area contributed by atoms with Crippen molar-refractivity contribution in [1.82, 2.24) is 4.90 Å². The van der Waals surface area contributed by atoms with Crippen LogP contribution in [0.4, 0.5) is 0 Å². The standard InChI is InChI=1S/C17H20N2O2S/c1-3-21-16(20)14-12(2)18-17-19(10-7-11-22-17)15(14)13-8-5-4-6-9-13/h4-6,8-9,15H,3,7,10-11H2,1-2H3/t15-/m1/s1. The number of amidine groups is 1. The molecule has 0 saturated carbocycles. The lowest BCUT2D eigenvalue weighted by Crippen LogP contribution is -2.42. The molecule has 2 aliphatic rings. The number of thioether (sulfide) groups is 1. The predicted molar refractivity (Wildman–Crippen MR) is 89.7 cm³/mol. The van der Waals surface area contributed by atoms with Crippen LogP contribution < -0.4 is 0 Å². The van der Waals surface area contributed by atoms with Crippen molar-refractivity contribution >= 4 is 22.9 Å². The topological polar surface area (TPSA) is 41.9 Å². The van der Waals surface area contributed by atoms with E-state index in [1.54, 1.807) is 11.8 Å². The SMILES string of the molecule is CCOC(=O)C1=C(C)N=C2SCCCN2[C@@H]1c1ccccc1. The number of aliphatic imine (C=N–C) groups is 1. The fourth-order valence-electron chi connectivity index (χ4n) is 2.92. The van der Waals surface area contributed by atoms with E-state index in [1.807, 2.05) is 32.0 Å². The fraction of sp³-hybridized carbons (Fsp3) is 0.412. The lowest BCUT2D eigenvalue weighted by atomic mass is 9.94. The lowest BCUT2D eigenvalue weighted by molar-refractivity contribution is -0.139. The van der Waals surface area contributed by atoms with Gasteiger partial charge in [0.2, 0.25) is 0 Å². The molecule has 0 radical (unpaired) electrons. The van der Waals surface area contributed by atoms with Crippen LogP contribution in [0.2, 0.25) is 0 Å². The number of esters is 1. The van der Waals surface area contributed by atoms with Gasteiger partial charge in [0.25, 0.3) is 0 Å². The molecule has 0 amide bonds. The zero-order chi connectivity index (χ0) is 15.5. The van der Waals surface area contributed by atoms with Crippen molar-refractivity contribution in [2.45, 2.75) is 26.3 Å². The highest BCUT2D eigenvalue weighted by Gasteiger charge is 2.37. The first-order valence-electron chi connectivity index (χ1n) is 7.63. The smallest absolute Gasteiger partial charge is 0.338 e. The van der Waals surface area contributed by atoms with Crippen LogP contribution in [0.15, 0.2) is 46.6 Å². The molecule has 1 saturated heterocycles. The summed E-state index contributed by atoms with van der Waals surface area (Å²) >= 11 is 1.77. The monoisotopic (exact) mass is 316 g/mol. The van der Waals surface area contributed by atoms with Gasteiger partial charge in [-0.05, 0) is 25.8 Å². The van der Waals surface area contributed by atoms with Gasteiger partial charge in [-0.25, -0.2) is 9.79 Å². The number of hydrogen-bond donors (Lipinski definition) is 0. The maximum Gasteiger partial charge on any atom is 0.338 e. The molecule has 22 heavy (non-hydrogen) atoms. The van der Waals surface area contributed by atoms with Gasteiger partial charge in [-0.2, -0.15) is 0 Å². The van der Waals surface area contributed by atoms with Gasteiger partial charge < -0.3 is 9.64 Å². The molecule has 4 nitrogen and oxygen atoms in total. The Hall–Kier alpha value is -1.75. The first-order chi connectivity index (χ1) is 10.7. The Balaban J connectivity index is 2.08. The summed E-state index contributed by atoms with van der Waals surface area (Å²) in [6.45, 7) is 5.03. The van der Waals surface area contributed by atoms with Crippen molar-refractivity contribution in [3.05, 3.63) is 47.2 Å². The van der Waals surface area contributed by atoms with Crippen molar-refractivity contribution in [2.75, 3.05) is 18.9 Å². The second-order valence-electron chi connectivity index (χ2n) is 5.32. The van der Waals surface area contributed by atoms with Gasteiger partial charge in [0.1, 0.15) is 0 Å². The van der Waals surface area contributed by atoms with E-state index >= 15 is 0 Å². The van der Waals surface area contributed by atoms with Crippen molar-refractivity contribution in [1.29, 1.82) is 0 Å². The van der Waals surface area contributed by atoms with E-state index in [9.17, 15) is 4.79 Å². The average Bonchev–Trinajstić information content (AvgIpc) is 2.54. The highest BCUT2D eigenvalue weighted by Crippen LogP contribution is 2.39. The molecule has 2 aliphatic heterocycles. The Morgan fingerprint density at radius 1 is 1.41 bits per heavy atom. The number of ether oxygens (including phenoxy) is 1. The molecule has 116 valence electrons. The molecular weight excluding hydrogens is 296 g/mol. The largest absolute Gasteiger partial charge is 0.463 e. The molecule has 0 N–H and O–H groups in total. The van der Waals surface area contributed by atoms with E-state index in [4.69, 9.17) is 4.74 Å². The summed E-state index contributed by atoms with van der Waals surface area (Å²) in [6, 6.07) is 10.1. The van der Waals surface area contributed by atoms with Gasteiger partial charge in [0.15, 0.2) is 5.17 Å². The summed E-state index contributed by atoms with van der Waals surface area (Å²) in [5.41, 5.74) is 2.55. The summed E-state index contributed by atoms with van der Waals surface area (Å²) in [6.07, 6.45) is 1.10. The molecular formula is C17H20N2O2S. The molecule has 1 fully saturated rings. The summed E-state index contributed by atoms with van der Waals surface area (Å²) in [4.78, 5) is 19.4. The third-order valence-electron chi connectivity index (χ3n) is 3.87. The van der Waals surface area contributed by atoms with Crippen molar-refractivity contribution in [2.24, 2.45) is 4.99 Å². The van der Waals surface area contributed by atoms with E-state index < -0.39 is 0 Å². The first-order valence-corrected chi connectivity index (χ1v) is 8.62.